The zero-order chi connectivity index (χ0) is 9.35. The summed E-state index contributed by atoms with van der Waals surface area (Å²) in [6, 6.07) is 2.38. The Labute approximate surface area is 67.4 Å². The molecule has 1 rings (SSSR count). The second kappa shape index (κ2) is 2.80. The number of halogens is 2. The highest BCUT2D eigenvalue weighted by Crippen LogP contribution is 2.16. The average molecular weight is 193 g/mol. The minimum Gasteiger partial charge on any atom is -0.744 e. The summed E-state index contributed by atoms with van der Waals surface area (Å²) < 4.78 is 55.8. The van der Waals surface area contributed by atoms with E-state index in [1.165, 1.54) is 0 Å². The Morgan fingerprint density at radius 2 is 1.58 bits per heavy atom. The van der Waals surface area contributed by atoms with Gasteiger partial charge in [0.1, 0.15) is 26.6 Å². The van der Waals surface area contributed by atoms with Crippen LogP contribution in [0.1, 0.15) is 0 Å². The van der Waals surface area contributed by atoms with Crippen LogP contribution in [0.4, 0.5) is 8.78 Å². The highest BCUT2D eigenvalue weighted by atomic mass is 32.2. The molecule has 0 aliphatic heterocycles. The van der Waals surface area contributed by atoms with Crippen LogP contribution in [0.25, 0.3) is 0 Å². The van der Waals surface area contributed by atoms with Crippen molar-refractivity contribution in [3.8, 4) is 0 Å². The van der Waals surface area contributed by atoms with Gasteiger partial charge in [-0.1, -0.05) is 6.07 Å². The van der Waals surface area contributed by atoms with Gasteiger partial charge in [-0.05, 0) is 12.1 Å². The molecule has 66 valence electrons. The minimum absolute atomic E-state index is 0.702. The Morgan fingerprint density at radius 3 is 1.83 bits per heavy atom. The molecular formula is C6H3F2O3S-. The zero-order valence-corrected chi connectivity index (χ0v) is 6.44. The maximum atomic E-state index is 12.5. The summed E-state index contributed by atoms with van der Waals surface area (Å²) in [5, 5.41) is 0. The molecule has 0 heterocycles. The van der Waals surface area contributed by atoms with Crippen LogP contribution in [-0.2, 0) is 10.1 Å². The number of hydrogen-bond donors (Lipinski definition) is 0. The Hall–Kier alpha value is -1.01. The average Bonchev–Trinajstić information content (AvgIpc) is 1.82. The van der Waals surface area contributed by atoms with Gasteiger partial charge in [0.25, 0.3) is 0 Å². The SMILES string of the molecule is O=S(=O)([O-])c1c(F)cccc1F. The van der Waals surface area contributed by atoms with E-state index in [1.807, 2.05) is 0 Å². The molecule has 0 N–H and O–H groups in total. The van der Waals surface area contributed by atoms with Crippen molar-refractivity contribution in [1.82, 2.24) is 0 Å². The molecule has 1 aromatic carbocycles. The van der Waals surface area contributed by atoms with Crippen LogP contribution >= 0.6 is 0 Å². The fourth-order valence-corrected chi connectivity index (χ4v) is 1.34. The Kier molecular flexibility index (Phi) is 2.12. The van der Waals surface area contributed by atoms with Crippen molar-refractivity contribution < 1.29 is 21.8 Å². The summed E-state index contributed by atoms with van der Waals surface area (Å²) in [7, 11) is -5.06. The standard InChI is InChI=1S/C6H4F2O3S/c7-4-2-1-3-5(8)6(4)12(9,10)11/h1-3H,(H,9,10,11)/p-1. The number of benzene rings is 1. The Bertz CT molecular complexity index is 379. The first-order valence-electron chi connectivity index (χ1n) is 2.83. The minimum atomic E-state index is -5.06. The van der Waals surface area contributed by atoms with Crippen LogP contribution in [-0.4, -0.2) is 13.0 Å². The van der Waals surface area contributed by atoms with Crippen molar-refractivity contribution in [3.63, 3.8) is 0 Å². The highest BCUT2D eigenvalue weighted by Gasteiger charge is 2.13. The first-order chi connectivity index (χ1) is 5.43. The Balaban J connectivity index is 3.53. The first-order valence-corrected chi connectivity index (χ1v) is 4.23. The summed E-state index contributed by atoms with van der Waals surface area (Å²) in [5.74, 6) is -2.74. The van der Waals surface area contributed by atoms with Crippen molar-refractivity contribution in [2.24, 2.45) is 0 Å². The summed E-state index contributed by atoms with van der Waals surface area (Å²) in [5.41, 5.74) is 0. The smallest absolute Gasteiger partial charge is 0.143 e. The first kappa shape index (κ1) is 9.08. The maximum Gasteiger partial charge on any atom is 0.143 e. The lowest BCUT2D eigenvalue weighted by Gasteiger charge is -2.07. The molecule has 12 heavy (non-hydrogen) atoms. The summed E-state index contributed by atoms with van der Waals surface area (Å²) >= 11 is 0. The summed E-state index contributed by atoms with van der Waals surface area (Å²) in [4.78, 5) is -1.43. The summed E-state index contributed by atoms with van der Waals surface area (Å²) in [6.07, 6.45) is 0. The molecule has 6 heteroatoms. The monoisotopic (exact) mass is 193 g/mol. The van der Waals surface area contributed by atoms with Gasteiger partial charge in [0.2, 0.25) is 0 Å². The third kappa shape index (κ3) is 1.59. The van der Waals surface area contributed by atoms with Gasteiger partial charge in [-0.2, -0.15) is 0 Å². The van der Waals surface area contributed by atoms with Gasteiger partial charge in [0.05, 0.1) is 0 Å². The van der Waals surface area contributed by atoms with E-state index in [4.69, 9.17) is 0 Å². The second-order valence-corrected chi connectivity index (χ2v) is 3.32. The van der Waals surface area contributed by atoms with Crippen LogP contribution in [0.3, 0.4) is 0 Å². The van der Waals surface area contributed by atoms with Gasteiger partial charge in [0, 0.05) is 0 Å². The van der Waals surface area contributed by atoms with Gasteiger partial charge >= 0.3 is 0 Å². The molecular weight excluding hydrogens is 190 g/mol. The van der Waals surface area contributed by atoms with E-state index in [0.29, 0.717) is 12.1 Å². The van der Waals surface area contributed by atoms with Crippen LogP contribution < -0.4 is 0 Å². The fourth-order valence-electron chi connectivity index (χ4n) is 0.721. The van der Waals surface area contributed by atoms with Crippen molar-refractivity contribution in [1.29, 1.82) is 0 Å². The van der Waals surface area contributed by atoms with Gasteiger partial charge < -0.3 is 4.55 Å². The third-order valence-corrected chi connectivity index (χ3v) is 2.06. The molecule has 0 atom stereocenters. The molecule has 0 saturated carbocycles. The molecule has 0 unspecified atom stereocenters. The predicted molar refractivity (Wildman–Crippen MR) is 34.3 cm³/mol. The van der Waals surface area contributed by atoms with Crippen LogP contribution in [0, 0.1) is 11.6 Å². The molecule has 0 radical (unpaired) electrons. The summed E-state index contributed by atoms with van der Waals surface area (Å²) in [6.45, 7) is 0. The largest absolute Gasteiger partial charge is 0.744 e. The lowest BCUT2D eigenvalue weighted by atomic mass is 10.3. The van der Waals surface area contributed by atoms with Crippen molar-refractivity contribution in [2.45, 2.75) is 4.90 Å². The van der Waals surface area contributed by atoms with E-state index in [-0.39, 0.29) is 0 Å². The van der Waals surface area contributed by atoms with E-state index >= 15 is 0 Å². The molecule has 0 amide bonds. The topological polar surface area (TPSA) is 57.2 Å². The zero-order valence-electron chi connectivity index (χ0n) is 5.62. The quantitative estimate of drug-likeness (QED) is 0.622. The van der Waals surface area contributed by atoms with Crippen molar-refractivity contribution in [2.75, 3.05) is 0 Å². The Morgan fingerprint density at radius 1 is 1.17 bits per heavy atom. The molecule has 0 bridgehead atoms. The molecule has 0 saturated heterocycles. The van der Waals surface area contributed by atoms with Gasteiger partial charge in [0.15, 0.2) is 0 Å². The van der Waals surface area contributed by atoms with E-state index < -0.39 is 26.6 Å². The van der Waals surface area contributed by atoms with E-state index in [2.05, 4.69) is 0 Å². The lowest BCUT2D eigenvalue weighted by molar-refractivity contribution is 0.441. The molecule has 3 nitrogen and oxygen atoms in total. The van der Waals surface area contributed by atoms with Crippen LogP contribution in [0.15, 0.2) is 23.1 Å². The molecule has 0 fully saturated rings. The van der Waals surface area contributed by atoms with Gasteiger partial charge in [-0.25, -0.2) is 17.2 Å². The lowest BCUT2D eigenvalue weighted by Crippen LogP contribution is -2.04. The fraction of sp³-hybridized carbons (Fsp3) is 0. The molecule has 1 aromatic rings. The molecule has 0 aromatic heterocycles. The highest BCUT2D eigenvalue weighted by molar-refractivity contribution is 7.85. The van der Waals surface area contributed by atoms with Crippen LogP contribution in [0.5, 0.6) is 0 Å². The molecule has 0 aliphatic rings. The van der Waals surface area contributed by atoms with E-state index in [9.17, 15) is 21.8 Å². The van der Waals surface area contributed by atoms with Crippen molar-refractivity contribution in [3.05, 3.63) is 29.8 Å². The van der Waals surface area contributed by atoms with Gasteiger partial charge in [-0.3, -0.25) is 0 Å². The second-order valence-electron chi connectivity index (χ2n) is 2.00. The predicted octanol–water partition coefficient (Wildman–Crippen LogP) is 0.869. The van der Waals surface area contributed by atoms with Gasteiger partial charge in [-0.15, -0.1) is 0 Å². The third-order valence-electron chi connectivity index (χ3n) is 1.17. The molecule has 0 aliphatic carbocycles. The van der Waals surface area contributed by atoms with Crippen molar-refractivity contribution >= 4 is 10.1 Å². The molecule has 0 spiro atoms. The maximum absolute atomic E-state index is 12.5. The van der Waals surface area contributed by atoms with Crippen LogP contribution in [0.2, 0.25) is 0 Å². The number of hydrogen-bond acceptors (Lipinski definition) is 3. The normalized spacial score (nSPS) is 11.6. The number of rotatable bonds is 1. The van der Waals surface area contributed by atoms with E-state index in [0.717, 1.165) is 6.07 Å². The van der Waals surface area contributed by atoms with E-state index in [1.54, 1.807) is 0 Å².